The van der Waals surface area contributed by atoms with E-state index in [4.69, 9.17) is 6.58 Å². The molecule has 0 amide bonds. The molecule has 0 saturated carbocycles. The van der Waals surface area contributed by atoms with Gasteiger partial charge in [0.1, 0.15) is 15.7 Å². The van der Waals surface area contributed by atoms with Gasteiger partial charge in [-0.25, -0.2) is 0 Å². The number of benzene rings is 6. The third-order valence-electron chi connectivity index (χ3n) is 17.2. The third-order valence-corrected chi connectivity index (χ3v) is 17.2. The van der Waals surface area contributed by atoms with Crippen LogP contribution in [0.2, 0.25) is 0 Å². The lowest BCUT2D eigenvalue weighted by Gasteiger charge is -2.34. The summed E-state index contributed by atoms with van der Waals surface area (Å²) in [6.45, 7) is 26.3. The fraction of sp³-hybridized carbons (Fsp3) is 0.304. The van der Waals surface area contributed by atoms with Gasteiger partial charge in [-0.3, -0.25) is 0 Å². The highest BCUT2D eigenvalue weighted by atomic mass is 14.4. The minimum atomic E-state index is 0.361. The summed E-state index contributed by atoms with van der Waals surface area (Å²) in [5.41, 5.74) is 36.7. The van der Waals surface area contributed by atoms with Gasteiger partial charge in [0, 0.05) is 0 Å². The first-order chi connectivity index (χ1) is 34.3. The molecular formula is C69H74B2. The zero-order valence-corrected chi connectivity index (χ0v) is 44.9. The van der Waals surface area contributed by atoms with E-state index in [0.717, 1.165) is 69.7 Å². The largest absolute Gasteiger partial charge is 0.140 e. The van der Waals surface area contributed by atoms with Gasteiger partial charge in [0.05, 0.1) is 0 Å². The van der Waals surface area contributed by atoms with Crippen LogP contribution < -0.4 is 5.46 Å². The predicted octanol–water partition coefficient (Wildman–Crippen LogP) is 17.1. The molecule has 0 N–H and O–H groups in total. The molecule has 356 valence electrons. The molecule has 2 atom stereocenters. The average Bonchev–Trinajstić information content (AvgIpc) is 3.74. The molecule has 6 aromatic carbocycles. The van der Waals surface area contributed by atoms with Crippen LogP contribution in [-0.2, 0) is 19.3 Å². The van der Waals surface area contributed by atoms with Crippen LogP contribution in [0, 0.1) is 26.7 Å². The number of hydrogen-bond donors (Lipinski definition) is 0. The van der Waals surface area contributed by atoms with Crippen molar-refractivity contribution in [2.75, 3.05) is 0 Å². The van der Waals surface area contributed by atoms with Crippen LogP contribution >= 0.6 is 0 Å². The van der Waals surface area contributed by atoms with Gasteiger partial charge in [0.2, 0.25) is 0 Å². The minimum Gasteiger partial charge on any atom is -0.105 e. The van der Waals surface area contributed by atoms with Crippen LogP contribution in [0.1, 0.15) is 159 Å². The summed E-state index contributed by atoms with van der Waals surface area (Å²) in [7, 11) is 4.73. The van der Waals surface area contributed by atoms with Crippen LogP contribution in [0.15, 0.2) is 127 Å². The lowest BCUT2D eigenvalue weighted by Crippen LogP contribution is -2.22. The monoisotopic (exact) mass is 925 g/mol. The smallest absolute Gasteiger partial charge is 0.105 e. The lowest BCUT2D eigenvalue weighted by atomic mass is 9.66. The Bertz CT molecular complexity index is 3380. The van der Waals surface area contributed by atoms with Gasteiger partial charge in [-0.2, -0.15) is 0 Å². The maximum atomic E-state index is 4.94. The zero-order valence-electron chi connectivity index (χ0n) is 44.9. The minimum absolute atomic E-state index is 0.361. The molecule has 0 radical (unpaired) electrons. The van der Waals surface area contributed by atoms with Gasteiger partial charge in [-0.1, -0.05) is 170 Å². The van der Waals surface area contributed by atoms with Crippen LogP contribution in [0.4, 0.5) is 0 Å². The highest BCUT2D eigenvalue weighted by Gasteiger charge is 2.33. The standard InChI is InChI=1S/C69H74B2/c1-11-22-47-31-32-51-39-52-38-50(33-34-56(52)64(51)63(47)54-28-19-17-24-42(54)6)55-35-36-59(58-30-21-20-29-57(55)58)67-61-44(8)45(9)69(71)60(43(7)37-49-27-18-16-23-41(49)5)68(61)65(48-25-14-13-15-26-48)66(62(67)46(10)70)53(12-2)40(3)4/h13-14,16-20,23-25,28-29,31-36,38,43,49H,10-12,15,21-22,26-27,30,37,39,70-71H2,1-9H3. The lowest BCUT2D eigenvalue weighted by molar-refractivity contribution is 0.510. The second kappa shape index (κ2) is 19.8. The van der Waals surface area contributed by atoms with E-state index in [1.807, 2.05) is 0 Å². The van der Waals surface area contributed by atoms with E-state index in [-0.39, 0.29) is 0 Å². The maximum Gasteiger partial charge on any atom is 0.140 e. The summed E-state index contributed by atoms with van der Waals surface area (Å²) in [5.74, 6) is 0.900. The molecule has 0 nitrogen and oxygen atoms in total. The Morgan fingerprint density at radius 2 is 1.49 bits per heavy atom. The third kappa shape index (κ3) is 8.38. The maximum absolute atomic E-state index is 4.94. The molecule has 0 saturated heterocycles. The molecule has 4 aliphatic rings. The fourth-order valence-electron chi connectivity index (χ4n) is 13.6. The van der Waals surface area contributed by atoms with Crippen LogP contribution in [0.25, 0.3) is 78.0 Å². The summed E-state index contributed by atoms with van der Waals surface area (Å²) in [5, 5.41) is 2.93. The van der Waals surface area contributed by atoms with Crippen molar-refractivity contribution in [2.45, 2.75) is 132 Å². The Hall–Kier alpha value is -6.11. The molecule has 6 aromatic rings. The van der Waals surface area contributed by atoms with Crippen molar-refractivity contribution in [2.24, 2.45) is 5.92 Å². The Morgan fingerprint density at radius 1 is 0.732 bits per heavy atom. The second-order valence-electron chi connectivity index (χ2n) is 22.0. The van der Waals surface area contributed by atoms with Gasteiger partial charge < -0.3 is 0 Å². The Labute approximate surface area is 429 Å². The van der Waals surface area contributed by atoms with Gasteiger partial charge >= 0.3 is 0 Å². The van der Waals surface area contributed by atoms with E-state index in [9.17, 15) is 0 Å². The van der Waals surface area contributed by atoms with Gasteiger partial charge in [0.15, 0.2) is 0 Å². The van der Waals surface area contributed by atoms with E-state index >= 15 is 0 Å². The van der Waals surface area contributed by atoms with Crippen LogP contribution in [-0.4, -0.2) is 15.7 Å². The molecule has 0 fully saturated rings. The Morgan fingerprint density at radius 3 is 2.21 bits per heavy atom. The second-order valence-corrected chi connectivity index (χ2v) is 22.0. The molecule has 71 heavy (non-hydrogen) atoms. The molecule has 0 bridgehead atoms. The molecular weight excluding hydrogens is 850 g/mol. The molecule has 0 spiro atoms. The summed E-state index contributed by atoms with van der Waals surface area (Å²) in [6.07, 6.45) is 29.5. The first-order valence-corrected chi connectivity index (χ1v) is 27.2. The van der Waals surface area contributed by atoms with Crippen molar-refractivity contribution in [1.29, 1.82) is 0 Å². The van der Waals surface area contributed by atoms with Crippen molar-refractivity contribution in [1.82, 2.24) is 0 Å². The van der Waals surface area contributed by atoms with Crippen molar-refractivity contribution < 1.29 is 0 Å². The number of hydrogen-bond acceptors (Lipinski definition) is 0. The Balaban J connectivity index is 1.25. The SMILES string of the molecule is BC(=C)c1c(C(CC)=C(C)C)c(C2=CC=CCC2)c2c(C(C)CC3CC=CC=C3C)c(B)c(C)c(C)c2c1-c1ccc(-c2ccc3c(c2)Cc2ccc(CCC)c(-c4ccccc4C)c2-3)c2c1CCC=C2. The highest BCUT2D eigenvalue weighted by Crippen LogP contribution is 2.53. The quantitative estimate of drug-likeness (QED) is 0.107. The summed E-state index contributed by atoms with van der Waals surface area (Å²) in [6, 6.07) is 26.3. The van der Waals surface area contributed by atoms with Crippen molar-refractivity contribution in [3.63, 3.8) is 0 Å². The molecule has 2 unspecified atom stereocenters. The molecule has 0 aromatic heterocycles. The normalized spacial score (nSPS) is 16.1. The van der Waals surface area contributed by atoms with Gasteiger partial charge in [0.25, 0.3) is 0 Å². The van der Waals surface area contributed by atoms with Crippen molar-refractivity contribution in [3.05, 3.63) is 194 Å². The molecule has 4 aliphatic carbocycles. The summed E-state index contributed by atoms with van der Waals surface area (Å²) >= 11 is 0. The number of rotatable bonds is 12. The van der Waals surface area contributed by atoms with Crippen LogP contribution in [0.3, 0.4) is 0 Å². The van der Waals surface area contributed by atoms with Crippen LogP contribution in [0.5, 0.6) is 0 Å². The predicted molar refractivity (Wildman–Crippen MR) is 319 cm³/mol. The van der Waals surface area contributed by atoms with E-state index in [0.29, 0.717) is 11.8 Å². The molecule has 2 heteroatoms. The molecule has 10 rings (SSSR count). The van der Waals surface area contributed by atoms with E-state index in [1.165, 1.54) is 144 Å². The topological polar surface area (TPSA) is 0 Å². The molecule has 0 aliphatic heterocycles. The summed E-state index contributed by atoms with van der Waals surface area (Å²) < 4.78 is 0. The molecule has 0 heterocycles. The average molecular weight is 925 g/mol. The first kappa shape index (κ1) is 48.5. The number of fused-ring (bicyclic) bond motifs is 5. The van der Waals surface area contributed by atoms with E-state index in [2.05, 4.69) is 193 Å². The van der Waals surface area contributed by atoms with Crippen molar-refractivity contribution in [3.8, 4) is 44.5 Å². The number of aryl methyl sites for hydroxylation is 3. The van der Waals surface area contributed by atoms with Crippen molar-refractivity contribution >= 4 is 54.6 Å². The highest BCUT2D eigenvalue weighted by molar-refractivity contribution is 6.44. The zero-order chi connectivity index (χ0) is 49.8. The summed E-state index contributed by atoms with van der Waals surface area (Å²) in [4.78, 5) is 0. The Kier molecular flexibility index (Phi) is 13.5. The first-order valence-electron chi connectivity index (χ1n) is 27.2. The van der Waals surface area contributed by atoms with Gasteiger partial charge in [-0.15, -0.1) is 6.58 Å². The number of allylic oxidation sites excluding steroid dienone is 11. The van der Waals surface area contributed by atoms with Gasteiger partial charge in [-0.05, 0) is 239 Å². The van der Waals surface area contributed by atoms with E-state index < -0.39 is 0 Å². The fourth-order valence-corrected chi connectivity index (χ4v) is 13.6. The van der Waals surface area contributed by atoms with E-state index in [1.54, 1.807) is 5.56 Å².